The largest absolute Gasteiger partial charge is 0.386 e. The molecule has 0 spiro atoms. The number of hydrogen-bond acceptors (Lipinski definition) is 3. The molecule has 1 rings (SSSR count). The van der Waals surface area contributed by atoms with Gasteiger partial charge < -0.3 is 10.7 Å². The first-order chi connectivity index (χ1) is 4.34. The molecule has 0 aromatic carbocycles. The van der Waals surface area contributed by atoms with Crippen LogP contribution in [-0.4, -0.2) is 19.3 Å². The molecule has 1 aliphatic rings. The van der Waals surface area contributed by atoms with Crippen molar-refractivity contribution in [1.82, 2.24) is 10.7 Å². The summed E-state index contributed by atoms with van der Waals surface area (Å²) in [5.74, 6) is 0. The van der Waals surface area contributed by atoms with E-state index in [-0.39, 0.29) is 0 Å². The molecule has 0 atom stereocenters. The van der Waals surface area contributed by atoms with E-state index in [0.717, 1.165) is 12.3 Å². The average molecular weight is 125 g/mol. The average Bonchev–Trinajstić information content (AvgIpc) is 1.60. The standard InChI is InChI=1S/C6H11N3/c1-5(9-7-2)6-3-8-4-6/h3,7-8H,4H2,1-2H3/b9-5+. The highest BCUT2D eigenvalue weighted by Gasteiger charge is 2.06. The van der Waals surface area contributed by atoms with Crippen LogP contribution >= 0.6 is 0 Å². The third-order valence-electron chi connectivity index (χ3n) is 1.31. The first-order valence-electron chi connectivity index (χ1n) is 2.98. The lowest BCUT2D eigenvalue weighted by Crippen LogP contribution is -2.26. The molecule has 3 heteroatoms. The second kappa shape index (κ2) is 2.53. The lowest BCUT2D eigenvalue weighted by atomic mass is 10.1. The van der Waals surface area contributed by atoms with E-state index < -0.39 is 0 Å². The molecule has 0 unspecified atom stereocenters. The molecule has 2 N–H and O–H groups in total. The summed E-state index contributed by atoms with van der Waals surface area (Å²) in [6.45, 7) is 2.94. The zero-order chi connectivity index (χ0) is 6.69. The fraction of sp³-hybridized carbons (Fsp3) is 0.500. The zero-order valence-corrected chi connectivity index (χ0v) is 5.73. The SMILES string of the molecule is CN/N=C(\C)C1=CNC1. The van der Waals surface area contributed by atoms with Crippen molar-refractivity contribution in [1.29, 1.82) is 0 Å². The maximum absolute atomic E-state index is 4.00. The summed E-state index contributed by atoms with van der Waals surface area (Å²) < 4.78 is 0. The van der Waals surface area contributed by atoms with Gasteiger partial charge in [-0.25, -0.2) is 0 Å². The van der Waals surface area contributed by atoms with Crippen LogP contribution in [0, 0.1) is 0 Å². The molecule has 0 fully saturated rings. The van der Waals surface area contributed by atoms with Gasteiger partial charge in [-0.2, -0.15) is 5.10 Å². The van der Waals surface area contributed by atoms with E-state index in [0.29, 0.717) is 0 Å². The van der Waals surface area contributed by atoms with Gasteiger partial charge in [-0.15, -0.1) is 0 Å². The van der Waals surface area contributed by atoms with Crippen LogP contribution in [0.25, 0.3) is 0 Å². The molecular formula is C6H11N3. The lowest BCUT2D eigenvalue weighted by molar-refractivity contribution is 0.848. The van der Waals surface area contributed by atoms with Gasteiger partial charge in [0, 0.05) is 25.4 Å². The van der Waals surface area contributed by atoms with Gasteiger partial charge in [-0.3, -0.25) is 0 Å². The highest BCUT2D eigenvalue weighted by atomic mass is 15.3. The predicted molar refractivity (Wildman–Crippen MR) is 38.3 cm³/mol. The van der Waals surface area contributed by atoms with Crippen LogP contribution in [0.2, 0.25) is 0 Å². The van der Waals surface area contributed by atoms with Crippen molar-refractivity contribution in [2.75, 3.05) is 13.6 Å². The number of nitrogens with zero attached hydrogens (tertiary/aromatic N) is 1. The molecule has 0 aliphatic carbocycles. The van der Waals surface area contributed by atoms with Gasteiger partial charge >= 0.3 is 0 Å². The van der Waals surface area contributed by atoms with E-state index in [9.17, 15) is 0 Å². The fourth-order valence-corrected chi connectivity index (χ4v) is 0.676. The van der Waals surface area contributed by atoms with E-state index in [2.05, 4.69) is 15.8 Å². The quantitative estimate of drug-likeness (QED) is 0.404. The van der Waals surface area contributed by atoms with Gasteiger partial charge in [0.2, 0.25) is 0 Å². The Morgan fingerprint density at radius 3 is 2.89 bits per heavy atom. The van der Waals surface area contributed by atoms with Crippen LogP contribution in [0.5, 0.6) is 0 Å². The number of hydrazone groups is 1. The van der Waals surface area contributed by atoms with Crippen LogP contribution in [0.4, 0.5) is 0 Å². The maximum Gasteiger partial charge on any atom is 0.0636 e. The smallest absolute Gasteiger partial charge is 0.0636 e. The van der Waals surface area contributed by atoms with Crippen LogP contribution < -0.4 is 10.7 Å². The molecule has 0 bridgehead atoms. The van der Waals surface area contributed by atoms with Crippen LogP contribution in [0.15, 0.2) is 16.9 Å². The summed E-state index contributed by atoms with van der Waals surface area (Å²) in [6.07, 6.45) is 1.97. The van der Waals surface area contributed by atoms with Gasteiger partial charge in [0.25, 0.3) is 0 Å². The van der Waals surface area contributed by atoms with Crippen molar-refractivity contribution in [3.63, 3.8) is 0 Å². The Labute approximate surface area is 54.8 Å². The van der Waals surface area contributed by atoms with Crippen molar-refractivity contribution in [3.8, 4) is 0 Å². The summed E-state index contributed by atoms with van der Waals surface area (Å²) in [6, 6.07) is 0. The molecule has 0 saturated carbocycles. The normalized spacial score (nSPS) is 17.6. The van der Waals surface area contributed by atoms with E-state index in [4.69, 9.17) is 0 Å². The second-order valence-electron chi connectivity index (χ2n) is 1.97. The summed E-state index contributed by atoms with van der Waals surface area (Å²) in [5.41, 5.74) is 5.08. The Balaban J connectivity index is 2.51. The minimum Gasteiger partial charge on any atom is -0.386 e. The molecule has 0 saturated heterocycles. The predicted octanol–water partition coefficient (Wildman–Crippen LogP) is 0.0688. The Bertz CT molecular complexity index is 158. The number of hydrogen-bond donors (Lipinski definition) is 2. The van der Waals surface area contributed by atoms with Crippen molar-refractivity contribution >= 4 is 5.71 Å². The Hall–Kier alpha value is -0.990. The summed E-state index contributed by atoms with van der Waals surface area (Å²) in [7, 11) is 1.80. The van der Waals surface area contributed by atoms with Gasteiger partial charge in [-0.1, -0.05) is 0 Å². The Kier molecular flexibility index (Phi) is 1.72. The van der Waals surface area contributed by atoms with Crippen molar-refractivity contribution in [3.05, 3.63) is 11.8 Å². The van der Waals surface area contributed by atoms with Crippen LogP contribution in [0.1, 0.15) is 6.92 Å². The number of nitrogens with one attached hydrogen (secondary N) is 2. The van der Waals surface area contributed by atoms with Crippen molar-refractivity contribution in [2.24, 2.45) is 5.10 Å². The van der Waals surface area contributed by atoms with Crippen LogP contribution in [-0.2, 0) is 0 Å². The summed E-state index contributed by atoms with van der Waals surface area (Å²) in [5, 5.41) is 7.03. The molecule has 0 radical (unpaired) electrons. The Morgan fingerprint density at radius 2 is 2.56 bits per heavy atom. The van der Waals surface area contributed by atoms with E-state index >= 15 is 0 Å². The fourth-order valence-electron chi connectivity index (χ4n) is 0.676. The van der Waals surface area contributed by atoms with Crippen molar-refractivity contribution in [2.45, 2.75) is 6.92 Å². The third-order valence-corrected chi connectivity index (χ3v) is 1.31. The van der Waals surface area contributed by atoms with Crippen molar-refractivity contribution < 1.29 is 0 Å². The highest BCUT2D eigenvalue weighted by Crippen LogP contribution is 2.01. The molecule has 50 valence electrons. The first-order valence-corrected chi connectivity index (χ1v) is 2.98. The van der Waals surface area contributed by atoms with E-state index in [1.165, 1.54) is 5.57 Å². The molecule has 9 heavy (non-hydrogen) atoms. The minimum atomic E-state index is 0.955. The monoisotopic (exact) mass is 125 g/mol. The molecule has 0 amide bonds. The summed E-state index contributed by atoms with van der Waals surface area (Å²) in [4.78, 5) is 0. The molecule has 0 aromatic rings. The highest BCUT2D eigenvalue weighted by molar-refractivity contribution is 5.99. The summed E-state index contributed by atoms with van der Waals surface area (Å²) >= 11 is 0. The van der Waals surface area contributed by atoms with E-state index in [1.807, 2.05) is 13.1 Å². The maximum atomic E-state index is 4.00. The minimum absolute atomic E-state index is 0.955. The topological polar surface area (TPSA) is 36.4 Å². The van der Waals surface area contributed by atoms with Crippen LogP contribution in [0.3, 0.4) is 0 Å². The first kappa shape index (κ1) is 6.13. The molecule has 3 nitrogen and oxygen atoms in total. The van der Waals surface area contributed by atoms with Gasteiger partial charge in [0.05, 0.1) is 5.71 Å². The van der Waals surface area contributed by atoms with Gasteiger partial charge in [0.15, 0.2) is 0 Å². The van der Waals surface area contributed by atoms with Gasteiger partial charge in [0.1, 0.15) is 0 Å². The molecule has 0 aromatic heterocycles. The lowest BCUT2D eigenvalue weighted by Gasteiger charge is -2.15. The number of rotatable bonds is 2. The van der Waals surface area contributed by atoms with Gasteiger partial charge in [-0.05, 0) is 6.92 Å². The Morgan fingerprint density at radius 1 is 1.89 bits per heavy atom. The second-order valence-corrected chi connectivity index (χ2v) is 1.97. The van der Waals surface area contributed by atoms with E-state index in [1.54, 1.807) is 7.05 Å². The third kappa shape index (κ3) is 1.22. The molecule has 1 aliphatic heterocycles. The molecular weight excluding hydrogens is 114 g/mol. The molecule has 1 heterocycles. The zero-order valence-electron chi connectivity index (χ0n) is 5.73.